The Morgan fingerprint density at radius 3 is 2.71 bits per heavy atom. The summed E-state index contributed by atoms with van der Waals surface area (Å²) in [5, 5.41) is 3.82. The van der Waals surface area contributed by atoms with E-state index < -0.39 is 0 Å². The number of hydrogen-bond donors (Lipinski definition) is 0. The average molecular weight is 267 g/mol. The van der Waals surface area contributed by atoms with Gasteiger partial charge in [0, 0.05) is 11.5 Å². The van der Waals surface area contributed by atoms with E-state index in [0.29, 0.717) is 17.0 Å². The number of aryl methyl sites for hydroxylation is 1. The van der Waals surface area contributed by atoms with Crippen LogP contribution in [0, 0.1) is 6.92 Å². The summed E-state index contributed by atoms with van der Waals surface area (Å²) < 4.78 is 6.48. The van der Waals surface area contributed by atoms with Crippen molar-refractivity contribution in [3.05, 3.63) is 33.5 Å². The van der Waals surface area contributed by atoms with Crippen LogP contribution < -0.4 is 0 Å². The summed E-state index contributed by atoms with van der Waals surface area (Å²) in [6.45, 7) is 1.85. The molecule has 4 nitrogen and oxygen atoms in total. The predicted octanol–water partition coefficient (Wildman–Crippen LogP) is 2.54. The number of oxime groups is 1. The highest BCUT2D eigenvalue weighted by Gasteiger charge is 2.33. The second-order valence-corrected chi connectivity index (χ2v) is 6.06. The van der Waals surface area contributed by atoms with Gasteiger partial charge in [-0.1, -0.05) is 5.16 Å². The van der Waals surface area contributed by atoms with Crippen LogP contribution in [0.25, 0.3) is 0 Å². The molecule has 3 rings (SSSR count). The molecule has 1 fully saturated rings. The molecule has 1 aromatic heterocycles. The minimum absolute atomic E-state index is 0.383. The first kappa shape index (κ1) is 11.0. The maximum Gasteiger partial charge on any atom is 0.369 e. The Morgan fingerprint density at radius 1 is 1.29 bits per heavy atom. The zero-order chi connectivity index (χ0) is 11.8. The first-order chi connectivity index (χ1) is 8.25. The van der Waals surface area contributed by atoms with Crippen LogP contribution in [0.15, 0.2) is 31.5 Å². The Labute approximate surface area is 106 Å². The van der Waals surface area contributed by atoms with Crippen LogP contribution in [0.1, 0.15) is 11.5 Å². The van der Waals surface area contributed by atoms with E-state index in [2.05, 4.69) is 5.16 Å². The van der Waals surface area contributed by atoms with Crippen LogP contribution >= 0.6 is 23.5 Å². The van der Waals surface area contributed by atoms with E-state index >= 15 is 0 Å². The second-order valence-electron chi connectivity index (χ2n) is 3.59. The van der Waals surface area contributed by atoms with Crippen molar-refractivity contribution in [2.45, 2.75) is 6.92 Å². The van der Waals surface area contributed by atoms with Gasteiger partial charge in [-0.2, -0.15) is 0 Å². The molecule has 0 aliphatic carbocycles. The summed E-state index contributed by atoms with van der Waals surface area (Å²) in [7, 11) is 0. The summed E-state index contributed by atoms with van der Waals surface area (Å²) >= 11 is 3.34. The topological polar surface area (TPSA) is 51.8 Å². The van der Waals surface area contributed by atoms with Gasteiger partial charge in [-0.25, -0.2) is 4.79 Å². The highest BCUT2D eigenvalue weighted by atomic mass is 32.2. The molecular weight excluding hydrogens is 258 g/mol. The van der Waals surface area contributed by atoms with Gasteiger partial charge in [-0.3, -0.25) is 0 Å². The van der Waals surface area contributed by atoms with E-state index in [1.807, 2.05) is 13.0 Å². The zero-order valence-electron chi connectivity index (χ0n) is 9.06. The molecule has 0 saturated carbocycles. The Balaban J connectivity index is 2.04. The molecule has 0 aromatic carbocycles. The molecule has 0 atom stereocenters. The molecule has 0 radical (unpaired) electrons. The van der Waals surface area contributed by atoms with Crippen LogP contribution in [0.4, 0.5) is 0 Å². The van der Waals surface area contributed by atoms with Crippen LogP contribution in [-0.4, -0.2) is 23.2 Å². The molecule has 6 heteroatoms. The molecule has 0 bridgehead atoms. The third-order valence-electron chi connectivity index (χ3n) is 2.39. The van der Waals surface area contributed by atoms with Crippen LogP contribution in [0.3, 0.4) is 0 Å². The van der Waals surface area contributed by atoms with Gasteiger partial charge in [0.2, 0.25) is 0 Å². The van der Waals surface area contributed by atoms with Gasteiger partial charge < -0.3 is 9.25 Å². The zero-order valence-corrected chi connectivity index (χ0v) is 10.7. The van der Waals surface area contributed by atoms with Gasteiger partial charge in [-0.05, 0) is 19.1 Å². The van der Waals surface area contributed by atoms with Crippen molar-refractivity contribution in [1.29, 1.82) is 0 Å². The molecule has 2 aliphatic rings. The van der Waals surface area contributed by atoms with Crippen LogP contribution in [0.5, 0.6) is 0 Å². The molecule has 1 saturated heterocycles. The number of hydrogen-bond acceptors (Lipinski definition) is 6. The van der Waals surface area contributed by atoms with Gasteiger partial charge in [0.15, 0.2) is 11.5 Å². The number of carbonyl (C=O) groups excluding carboxylic acids is 1. The van der Waals surface area contributed by atoms with E-state index in [9.17, 15) is 4.79 Å². The van der Waals surface area contributed by atoms with Crippen molar-refractivity contribution < 1.29 is 14.0 Å². The summed E-state index contributed by atoms with van der Waals surface area (Å²) in [6, 6.07) is 3.65. The molecule has 0 N–H and O–H groups in total. The lowest BCUT2D eigenvalue weighted by Gasteiger charge is -1.99. The highest BCUT2D eigenvalue weighted by Crippen LogP contribution is 2.41. The van der Waals surface area contributed by atoms with E-state index in [4.69, 9.17) is 9.25 Å². The maximum atomic E-state index is 11.7. The fourth-order valence-electron chi connectivity index (χ4n) is 1.64. The van der Waals surface area contributed by atoms with E-state index in [0.717, 1.165) is 21.5 Å². The standard InChI is InChI=1S/C11H9NO3S2/c1-6-2-3-7(14-6)9-8(10(13)15-12-9)11-16-4-5-17-11/h2-3H,4-5H2,1H3. The molecule has 3 heterocycles. The van der Waals surface area contributed by atoms with Gasteiger partial charge in [0.05, 0.1) is 4.24 Å². The number of nitrogens with zero attached hydrogens (tertiary/aromatic N) is 1. The summed E-state index contributed by atoms with van der Waals surface area (Å²) in [5.41, 5.74) is 1.06. The highest BCUT2D eigenvalue weighted by molar-refractivity contribution is 8.25. The molecule has 0 spiro atoms. The number of rotatable bonds is 1. The molecule has 17 heavy (non-hydrogen) atoms. The van der Waals surface area contributed by atoms with Crippen LogP contribution in [0.2, 0.25) is 0 Å². The average Bonchev–Trinajstić information content (AvgIpc) is 2.97. The van der Waals surface area contributed by atoms with Crippen molar-refractivity contribution in [3.63, 3.8) is 0 Å². The number of carbonyl (C=O) groups is 1. The molecule has 0 unspecified atom stereocenters. The van der Waals surface area contributed by atoms with Crippen molar-refractivity contribution in [3.8, 4) is 0 Å². The fraction of sp³-hybridized carbons (Fsp3) is 0.273. The summed E-state index contributed by atoms with van der Waals surface area (Å²) in [5.74, 6) is 3.02. The van der Waals surface area contributed by atoms with E-state index in [1.165, 1.54) is 0 Å². The second kappa shape index (κ2) is 4.27. The Bertz CT molecular complexity index is 537. The minimum atomic E-state index is -0.383. The molecule has 2 aliphatic heterocycles. The largest absolute Gasteiger partial charge is 0.460 e. The Hall–Kier alpha value is -1.14. The first-order valence-electron chi connectivity index (χ1n) is 5.12. The lowest BCUT2D eigenvalue weighted by molar-refractivity contribution is -0.136. The molecule has 88 valence electrons. The summed E-state index contributed by atoms with van der Waals surface area (Å²) in [6.07, 6.45) is 0. The van der Waals surface area contributed by atoms with E-state index in [1.54, 1.807) is 29.6 Å². The number of furan rings is 1. The fourth-order valence-corrected chi connectivity index (χ4v) is 4.16. The predicted molar refractivity (Wildman–Crippen MR) is 68.0 cm³/mol. The number of thioether (sulfide) groups is 2. The monoisotopic (exact) mass is 267 g/mol. The van der Waals surface area contributed by atoms with Gasteiger partial charge >= 0.3 is 5.97 Å². The van der Waals surface area contributed by atoms with Gasteiger partial charge in [0.1, 0.15) is 11.3 Å². The quantitative estimate of drug-likeness (QED) is 0.578. The summed E-state index contributed by atoms with van der Waals surface area (Å²) in [4.78, 5) is 16.4. The lowest BCUT2D eigenvalue weighted by Crippen LogP contribution is -2.07. The maximum absolute atomic E-state index is 11.7. The third-order valence-corrected chi connectivity index (χ3v) is 5.10. The third kappa shape index (κ3) is 1.91. The Morgan fingerprint density at radius 2 is 2.06 bits per heavy atom. The van der Waals surface area contributed by atoms with Gasteiger partial charge in [0.25, 0.3) is 0 Å². The SMILES string of the molecule is Cc1ccc(C2=NOC(=O)C2=C2SCCS2)o1. The van der Waals surface area contributed by atoms with Crippen molar-refractivity contribution >= 4 is 35.2 Å². The molecule has 0 amide bonds. The van der Waals surface area contributed by atoms with Crippen molar-refractivity contribution in [2.75, 3.05) is 11.5 Å². The van der Waals surface area contributed by atoms with Crippen LogP contribution in [-0.2, 0) is 9.63 Å². The molecular formula is C11H9NO3S2. The molecule has 1 aromatic rings. The smallest absolute Gasteiger partial charge is 0.369 e. The normalized spacial score (nSPS) is 19.8. The van der Waals surface area contributed by atoms with E-state index in [-0.39, 0.29) is 5.97 Å². The van der Waals surface area contributed by atoms with Gasteiger partial charge in [-0.15, -0.1) is 23.5 Å². The lowest BCUT2D eigenvalue weighted by atomic mass is 10.1. The van der Waals surface area contributed by atoms with Crippen molar-refractivity contribution in [1.82, 2.24) is 0 Å². The Kier molecular flexibility index (Phi) is 2.76. The minimum Gasteiger partial charge on any atom is -0.460 e. The first-order valence-corrected chi connectivity index (χ1v) is 7.09. The van der Waals surface area contributed by atoms with Crippen molar-refractivity contribution in [2.24, 2.45) is 5.16 Å².